The summed E-state index contributed by atoms with van der Waals surface area (Å²) in [6.07, 6.45) is 5.59. The number of hydrogen-bond acceptors (Lipinski definition) is 6. The molecule has 1 atom stereocenters. The van der Waals surface area contributed by atoms with E-state index in [4.69, 9.17) is 9.72 Å². The average Bonchev–Trinajstić information content (AvgIpc) is 3.44. The van der Waals surface area contributed by atoms with Crippen molar-refractivity contribution in [2.75, 3.05) is 24.5 Å². The lowest BCUT2D eigenvalue weighted by Gasteiger charge is -2.41. The summed E-state index contributed by atoms with van der Waals surface area (Å²) in [7, 11) is 1.75. The number of anilines is 1. The van der Waals surface area contributed by atoms with Gasteiger partial charge in [-0.2, -0.15) is 0 Å². The van der Waals surface area contributed by atoms with Crippen molar-refractivity contribution in [3.63, 3.8) is 0 Å². The maximum absolute atomic E-state index is 12.6. The van der Waals surface area contributed by atoms with Gasteiger partial charge in [0.15, 0.2) is 5.65 Å². The average molecular weight is 481 g/mol. The van der Waals surface area contributed by atoms with Crippen LogP contribution in [0.5, 0.6) is 0 Å². The van der Waals surface area contributed by atoms with E-state index in [0.29, 0.717) is 25.6 Å². The van der Waals surface area contributed by atoms with E-state index in [1.54, 1.807) is 28.9 Å². The minimum atomic E-state index is -0.968. The molecule has 0 spiro atoms. The highest BCUT2D eigenvalue weighted by Gasteiger charge is 2.35. The molecule has 4 heterocycles. The number of carboxylic acids is 1. The Balaban J connectivity index is 1.52. The highest BCUT2D eigenvalue weighted by molar-refractivity contribution is 5.94. The molecule has 1 N–H and O–H groups in total. The first-order valence-corrected chi connectivity index (χ1v) is 12.0. The fourth-order valence-corrected chi connectivity index (χ4v) is 4.89. The maximum Gasteiger partial charge on any atom is 0.410 e. The van der Waals surface area contributed by atoms with E-state index in [2.05, 4.69) is 23.0 Å². The van der Waals surface area contributed by atoms with Gasteiger partial charge in [0.25, 0.3) is 0 Å². The number of ether oxygens (including phenoxy) is 1. The number of piperazine rings is 1. The Morgan fingerprint density at radius 3 is 2.49 bits per heavy atom. The predicted octanol–water partition coefficient (Wildman–Crippen LogP) is 3.78. The Morgan fingerprint density at radius 1 is 1.14 bits per heavy atom. The number of hydrogen-bond donors (Lipinski definition) is 1. The van der Waals surface area contributed by atoms with Gasteiger partial charge in [-0.3, -0.25) is 4.57 Å². The number of fused-ring (bicyclic) bond motifs is 1. The molecule has 0 bridgehead atoms. The van der Waals surface area contributed by atoms with Crippen LogP contribution < -0.4 is 4.90 Å². The Labute approximate surface area is 204 Å². The number of carboxylic acid groups (broad SMARTS) is 1. The van der Waals surface area contributed by atoms with Gasteiger partial charge in [0, 0.05) is 38.9 Å². The van der Waals surface area contributed by atoms with Crippen LogP contribution in [0.3, 0.4) is 0 Å². The maximum atomic E-state index is 12.6. The fourth-order valence-electron chi connectivity index (χ4n) is 4.89. The number of carbonyl (C=O) groups excluding carboxylic acids is 1. The van der Waals surface area contributed by atoms with Gasteiger partial charge in [-0.1, -0.05) is 0 Å². The van der Waals surface area contributed by atoms with Gasteiger partial charge in [0.05, 0.1) is 5.39 Å². The molecule has 1 saturated carbocycles. The largest absolute Gasteiger partial charge is 0.477 e. The van der Waals surface area contributed by atoms with Crippen molar-refractivity contribution >= 4 is 28.9 Å². The zero-order valence-corrected chi connectivity index (χ0v) is 20.9. The standard InChI is InChI=1S/C25H32N6O4/c1-15-12-29(24(34)35-25(2,3)4)10-11-30(15)21-20-17(16-6-7-16)13-31(22(20)27-14-26-21)19-9-8-18(23(32)33)28(19)5/h8-9,13-16H,6-7,10-12H2,1-5H3,(H,32,33)/t15-/m0/s1. The first-order valence-electron chi connectivity index (χ1n) is 12.0. The lowest BCUT2D eigenvalue weighted by molar-refractivity contribution is 0.0218. The van der Waals surface area contributed by atoms with Crippen LogP contribution >= 0.6 is 0 Å². The van der Waals surface area contributed by atoms with E-state index in [9.17, 15) is 14.7 Å². The van der Waals surface area contributed by atoms with Gasteiger partial charge in [-0.25, -0.2) is 19.6 Å². The van der Waals surface area contributed by atoms with Gasteiger partial charge in [0.1, 0.15) is 29.3 Å². The van der Waals surface area contributed by atoms with Crippen LogP contribution in [-0.4, -0.2) is 72.4 Å². The summed E-state index contributed by atoms with van der Waals surface area (Å²) in [6, 6.07) is 3.46. The Morgan fingerprint density at radius 2 is 1.89 bits per heavy atom. The topological polar surface area (TPSA) is 106 Å². The highest BCUT2D eigenvalue weighted by atomic mass is 16.6. The van der Waals surface area contributed by atoms with Crippen molar-refractivity contribution in [2.24, 2.45) is 7.05 Å². The minimum absolute atomic E-state index is 0.0402. The van der Waals surface area contributed by atoms with Gasteiger partial charge >= 0.3 is 12.1 Å². The van der Waals surface area contributed by atoms with E-state index in [-0.39, 0.29) is 17.8 Å². The second-order valence-electron chi connectivity index (χ2n) is 10.5. The van der Waals surface area contributed by atoms with Crippen LogP contribution in [0.1, 0.15) is 62.5 Å². The third-order valence-electron chi connectivity index (χ3n) is 6.72. The number of rotatable bonds is 4. The quantitative estimate of drug-likeness (QED) is 0.606. The Bertz CT molecular complexity index is 1300. The fraction of sp³-hybridized carbons (Fsp3) is 0.520. The summed E-state index contributed by atoms with van der Waals surface area (Å²) in [5.74, 6) is 1.08. The Kier molecular flexibility index (Phi) is 5.49. The van der Waals surface area contributed by atoms with Gasteiger partial charge in [0.2, 0.25) is 0 Å². The SMILES string of the molecule is C[C@H]1CN(C(=O)OC(C)(C)C)CCN1c1ncnc2c1c(C1CC1)cn2-c1ccc(C(=O)O)n1C. The molecule has 10 heteroatoms. The zero-order valence-electron chi connectivity index (χ0n) is 20.9. The van der Waals surface area contributed by atoms with E-state index in [1.165, 1.54) is 5.56 Å². The van der Waals surface area contributed by atoms with Crippen LogP contribution in [-0.2, 0) is 11.8 Å². The van der Waals surface area contributed by atoms with Crippen molar-refractivity contribution in [3.8, 4) is 5.82 Å². The smallest absolute Gasteiger partial charge is 0.410 e. The molecule has 5 rings (SSSR count). The van der Waals surface area contributed by atoms with E-state index >= 15 is 0 Å². The lowest BCUT2D eigenvalue weighted by atomic mass is 10.1. The molecule has 35 heavy (non-hydrogen) atoms. The molecule has 186 valence electrons. The molecule has 3 aromatic rings. The predicted molar refractivity (Wildman–Crippen MR) is 131 cm³/mol. The Hall–Kier alpha value is -3.56. The molecule has 0 aromatic carbocycles. The van der Waals surface area contributed by atoms with E-state index in [0.717, 1.165) is 35.5 Å². The summed E-state index contributed by atoms with van der Waals surface area (Å²) in [5, 5.41) is 10.5. The van der Waals surface area contributed by atoms with Crippen molar-refractivity contribution < 1.29 is 19.4 Å². The number of aromatic carboxylic acids is 1. The molecule has 1 saturated heterocycles. The number of aromatic nitrogens is 4. The van der Waals surface area contributed by atoms with Crippen molar-refractivity contribution in [3.05, 3.63) is 35.9 Å². The third kappa shape index (κ3) is 4.21. The number of nitrogens with zero attached hydrogens (tertiary/aromatic N) is 6. The van der Waals surface area contributed by atoms with Crippen LogP contribution in [0.15, 0.2) is 24.7 Å². The lowest BCUT2D eigenvalue weighted by Crippen LogP contribution is -2.54. The van der Waals surface area contributed by atoms with Crippen LogP contribution in [0.4, 0.5) is 10.6 Å². The first kappa shape index (κ1) is 23.2. The third-order valence-corrected chi connectivity index (χ3v) is 6.72. The zero-order chi connectivity index (χ0) is 25.1. The molecule has 0 radical (unpaired) electrons. The summed E-state index contributed by atoms with van der Waals surface area (Å²) in [4.78, 5) is 37.6. The van der Waals surface area contributed by atoms with Crippen LogP contribution in [0, 0.1) is 0 Å². The van der Waals surface area contributed by atoms with Gasteiger partial charge < -0.3 is 24.2 Å². The number of amides is 1. The van der Waals surface area contributed by atoms with Crippen molar-refractivity contribution in [1.82, 2.24) is 24.0 Å². The van der Waals surface area contributed by atoms with Crippen LogP contribution in [0.25, 0.3) is 16.9 Å². The van der Waals surface area contributed by atoms with Gasteiger partial charge in [-0.15, -0.1) is 0 Å². The second kappa shape index (κ2) is 8.28. The molecule has 0 unspecified atom stereocenters. The summed E-state index contributed by atoms with van der Waals surface area (Å²) < 4.78 is 9.22. The normalized spacial score (nSPS) is 18.8. The molecule has 3 aromatic heterocycles. The molecular formula is C25H32N6O4. The van der Waals surface area contributed by atoms with Crippen molar-refractivity contribution in [2.45, 2.75) is 58.1 Å². The summed E-state index contributed by atoms with van der Waals surface area (Å²) in [6.45, 7) is 9.43. The van der Waals surface area contributed by atoms with Crippen molar-refractivity contribution in [1.29, 1.82) is 0 Å². The first-order chi connectivity index (χ1) is 16.5. The van der Waals surface area contributed by atoms with Crippen LogP contribution in [0.2, 0.25) is 0 Å². The molecule has 1 amide bonds. The molecule has 10 nitrogen and oxygen atoms in total. The minimum Gasteiger partial charge on any atom is -0.477 e. The van der Waals surface area contributed by atoms with E-state index in [1.807, 2.05) is 31.4 Å². The molecule has 1 aliphatic carbocycles. The van der Waals surface area contributed by atoms with Gasteiger partial charge in [-0.05, 0) is 64.2 Å². The summed E-state index contributed by atoms with van der Waals surface area (Å²) in [5.41, 5.74) is 1.64. The molecule has 2 aliphatic rings. The van der Waals surface area contributed by atoms with E-state index < -0.39 is 11.6 Å². The monoisotopic (exact) mass is 480 g/mol. The second-order valence-corrected chi connectivity index (χ2v) is 10.5. The number of carbonyl (C=O) groups is 2. The molecular weight excluding hydrogens is 448 g/mol. The highest BCUT2D eigenvalue weighted by Crippen LogP contribution is 2.46. The molecule has 2 fully saturated rings. The summed E-state index contributed by atoms with van der Waals surface area (Å²) >= 11 is 0. The molecule has 1 aliphatic heterocycles.